The summed E-state index contributed by atoms with van der Waals surface area (Å²) in [5.41, 5.74) is 6.84. The average Bonchev–Trinajstić information content (AvgIpc) is 2.77. The maximum absolute atomic E-state index is 13.5. The van der Waals surface area contributed by atoms with Crippen molar-refractivity contribution in [3.8, 4) is 5.75 Å². The molecule has 0 amide bonds. The minimum absolute atomic E-state index is 0.214. The van der Waals surface area contributed by atoms with Gasteiger partial charge in [0, 0.05) is 23.6 Å². The van der Waals surface area contributed by atoms with Crippen molar-refractivity contribution in [2.45, 2.75) is 13.5 Å². The Bertz CT molecular complexity index is 574. The predicted octanol–water partition coefficient (Wildman–Crippen LogP) is 4.24. The van der Waals surface area contributed by atoms with Gasteiger partial charge in [-0.25, -0.2) is 4.39 Å². The molecule has 0 atom stereocenters. The van der Waals surface area contributed by atoms with E-state index >= 15 is 0 Å². The Balaban J connectivity index is 2.13. The van der Waals surface area contributed by atoms with Gasteiger partial charge in [0.05, 0.1) is 21.8 Å². The molecule has 2 aromatic rings. The number of thiophene rings is 1. The Morgan fingerprint density at radius 3 is 2.84 bits per heavy atom. The Morgan fingerprint density at radius 1 is 1.42 bits per heavy atom. The third-order valence-corrected chi connectivity index (χ3v) is 4.11. The van der Waals surface area contributed by atoms with Crippen LogP contribution in [0.5, 0.6) is 5.75 Å². The van der Waals surface area contributed by atoms with Crippen molar-refractivity contribution >= 4 is 38.6 Å². The van der Waals surface area contributed by atoms with Crippen LogP contribution in [0.25, 0.3) is 0 Å². The van der Waals surface area contributed by atoms with Crippen LogP contribution >= 0.6 is 27.3 Å². The van der Waals surface area contributed by atoms with Gasteiger partial charge in [-0.2, -0.15) is 0 Å². The van der Waals surface area contributed by atoms with Crippen molar-refractivity contribution in [2.75, 3.05) is 17.7 Å². The van der Waals surface area contributed by atoms with Crippen LogP contribution in [0.3, 0.4) is 0 Å². The van der Waals surface area contributed by atoms with E-state index < -0.39 is 5.82 Å². The van der Waals surface area contributed by atoms with E-state index in [1.54, 1.807) is 17.4 Å². The van der Waals surface area contributed by atoms with Gasteiger partial charge in [-0.15, -0.1) is 11.3 Å². The molecule has 2 rings (SSSR count). The average molecular weight is 345 g/mol. The summed E-state index contributed by atoms with van der Waals surface area (Å²) in [5, 5.41) is 3.19. The zero-order valence-corrected chi connectivity index (χ0v) is 12.8. The summed E-state index contributed by atoms with van der Waals surface area (Å²) >= 11 is 5.05. The number of hydrogen-bond acceptors (Lipinski definition) is 4. The van der Waals surface area contributed by atoms with E-state index in [4.69, 9.17) is 10.5 Å². The second-order valence-corrected chi connectivity index (χ2v) is 6.41. The summed E-state index contributed by atoms with van der Waals surface area (Å²) in [6, 6.07) is 6.88. The van der Waals surface area contributed by atoms with E-state index in [0.29, 0.717) is 24.5 Å². The maximum Gasteiger partial charge on any atom is 0.167 e. The van der Waals surface area contributed by atoms with Gasteiger partial charge in [-0.05, 0) is 35.0 Å². The molecule has 19 heavy (non-hydrogen) atoms. The van der Waals surface area contributed by atoms with E-state index in [0.717, 1.165) is 8.66 Å². The summed E-state index contributed by atoms with van der Waals surface area (Å²) in [5.74, 6) is -0.227. The largest absolute Gasteiger partial charge is 0.491 e. The van der Waals surface area contributed by atoms with Gasteiger partial charge in [-0.1, -0.05) is 0 Å². The van der Waals surface area contributed by atoms with Crippen LogP contribution < -0.4 is 15.8 Å². The molecular weight excluding hydrogens is 331 g/mol. The molecular formula is C13H14BrFN2OS. The molecule has 0 radical (unpaired) electrons. The topological polar surface area (TPSA) is 47.3 Å². The summed E-state index contributed by atoms with van der Waals surface area (Å²) in [7, 11) is 0. The highest BCUT2D eigenvalue weighted by Gasteiger charge is 2.09. The van der Waals surface area contributed by atoms with Crippen LogP contribution in [0.1, 0.15) is 11.8 Å². The lowest BCUT2D eigenvalue weighted by molar-refractivity contribution is 0.322. The fourth-order valence-corrected chi connectivity index (χ4v) is 3.04. The highest BCUT2D eigenvalue weighted by Crippen LogP contribution is 2.29. The summed E-state index contributed by atoms with van der Waals surface area (Å²) in [6.07, 6.45) is 0. The van der Waals surface area contributed by atoms with Crippen LogP contribution in [0.2, 0.25) is 0 Å². The zero-order valence-electron chi connectivity index (χ0n) is 10.4. The van der Waals surface area contributed by atoms with Crippen molar-refractivity contribution in [1.29, 1.82) is 0 Å². The fourth-order valence-electron chi connectivity index (χ4n) is 1.62. The molecule has 6 heteroatoms. The van der Waals surface area contributed by atoms with Gasteiger partial charge in [0.25, 0.3) is 0 Å². The quantitative estimate of drug-likeness (QED) is 0.797. The number of nitrogens with one attached hydrogen (secondary N) is 1. The molecule has 1 heterocycles. The monoisotopic (exact) mass is 344 g/mol. The molecule has 1 aromatic heterocycles. The Kier molecular flexibility index (Phi) is 4.66. The molecule has 0 bridgehead atoms. The lowest BCUT2D eigenvalue weighted by atomic mass is 10.2. The highest BCUT2D eigenvalue weighted by molar-refractivity contribution is 9.11. The van der Waals surface area contributed by atoms with Gasteiger partial charge in [0.2, 0.25) is 0 Å². The Hall–Kier alpha value is -1.27. The lowest BCUT2D eigenvalue weighted by Gasteiger charge is -2.12. The first-order chi connectivity index (χ1) is 9.10. The van der Waals surface area contributed by atoms with Crippen molar-refractivity contribution in [3.05, 3.63) is 38.7 Å². The van der Waals surface area contributed by atoms with E-state index in [-0.39, 0.29) is 5.75 Å². The van der Waals surface area contributed by atoms with Gasteiger partial charge in [0.15, 0.2) is 11.6 Å². The molecule has 102 valence electrons. The van der Waals surface area contributed by atoms with Crippen molar-refractivity contribution in [1.82, 2.24) is 0 Å². The number of hydrogen-bond donors (Lipinski definition) is 2. The molecule has 0 aliphatic rings. The SMILES string of the molecule is CCOc1cc(NCc2ccc(Br)s2)c(N)cc1F. The number of halogens is 2. The van der Waals surface area contributed by atoms with E-state index in [1.807, 2.05) is 19.1 Å². The highest BCUT2D eigenvalue weighted by atomic mass is 79.9. The first-order valence-electron chi connectivity index (χ1n) is 5.80. The standard InChI is InChI=1S/C13H14BrFN2OS/c1-2-18-12-6-11(10(16)5-9(12)15)17-7-8-3-4-13(14)19-8/h3-6,17H,2,7,16H2,1H3. The van der Waals surface area contributed by atoms with Crippen LogP contribution in [-0.2, 0) is 6.54 Å². The first kappa shape index (κ1) is 14.1. The van der Waals surface area contributed by atoms with E-state index in [9.17, 15) is 4.39 Å². The third-order valence-electron chi connectivity index (χ3n) is 2.49. The lowest BCUT2D eigenvalue weighted by Crippen LogP contribution is -2.04. The third kappa shape index (κ3) is 3.61. The predicted molar refractivity (Wildman–Crippen MR) is 81.3 cm³/mol. The zero-order chi connectivity index (χ0) is 13.8. The number of ether oxygens (including phenoxy) is 1. The van der Waals surface area contributed by atoms with Crippen LogP contribution in [0.4, 0.5) is 15.8 Å². The number of anilines is 2. The molecule has 0 fully saturated rings. The second kappa shape index (κ2) is 6.25. The smallest absolute Gasteiger partial charge is 0.167 e. The molecule has 0 saturated heterocycles. The number of rotatable bonds is 5. The van der Waals surface area contributed by atoms with Gasteiger partial charge >= 0.3 is 0 Å². The number of nitrogen functional groups attached to an aromatic ring is 1. The van der Waals surface area contributed by atoms with Crippen LogP contribution in [0.15, 0.2) is 28.1 Å². The van der Waals surface area contributed by atoms with Crippen LogP contribution in [-0.4, -0.2) is 6.61 Å². The maximum atomic E-state index is 13.5. The van der Waals surface area contributed by atoms with Gasteiger partial charge < -0.3 is 15.8 Å². The van der Waals surface area contributed by atoms with E-state index in [1.165, 1.54) is 6.07 Å². The van der Waals surface area contributed by atoms with Gasteiger partial charge in [-0.3, -0.25) is 0 Å². The van der Waals surface area contributed by atoms with Gasteiger partial charge in [0.1, 0.15) is 0 Å². The van der Waals surface area contributed by atoms with Crippen molar-refractivity contribution in [3.63, 3.8) is 0 Å². The molecule has 3 nitrogen and oxygen atoms in total. The summed E-state index contributed by atoms with van der Waals surface area (Å²) in [4.78, 5) is 1.16. The Morgan fingerprint density at radius 2 is 2.21 bits per heavy atom. The second-order valence-electron chi connectivity index (χ2n) is 3.86. The fraction of sp³-hybridized carbons (Fsp3) is 0.231. The minimum Gasteiger partial charge on any atom is -0.491 e. The van der Waals surface area contributed by atoms with Crippen LogP contribution in [0, 0.1) is 5.82 Å². The normalized spacial score (nSPS) is 10.5. The molecule has 0 saturated carbocycles. The molecule has 0 unspecified atom stereocenters. The summed E-state index contributed by atoms with van der Waals surface area (Å²) in [6.45, 7) is 2.86. The van der Waals surface area contributed by atoms with Crippen molar-refractivity contribution in [2.24, 2.45) is 0 Å². The molecule has 1 aromatic carbocycles. The molecule has 3 N–H and O–H groups in total. The summed E-state index contributed by atoms with van der Waals surface area (Å²) < 4.78 is 19.8. The van der Waals surface area contributed by atoms with Crippen molar-refractivity contribution < 1.29 is 9.13 Å². The molecule has 0 aliphatic heterocycles. The molecule has 0 aliphatic carbocycles. The number of benzene rings is 1. The minimum atomic E-state index is -0.441. The number of nitrogens with two attached hydrogens (primary N) is 1. The first-order valence-corrected chi connectivity index (χ1v) is 7.41. The molecule has 0 spiro atoms. The van der Waals surface area contributed by atoms with E-state index in [2.05, 4.69) is 21.2 Å². The Labute approximate surface area is 123 Å².